The molecule has 3 heteroatoms. The van der Waals surface area contributed by atoms with Crippen LogP contribution in [0.3, 0.4) is 0 Å². The summed E-state index contributed by atoms with van der Waals surface area (Å²) in [7, 11) is 1.62. The number of aliphatic hydroxyl groups excluding tert-OH is 1. The lowest BCUT2D eigenvalue weighted by molar-refractivity contribution is 0.147. The first-order valence-electron chi connectivity index (χ1n) is 5.06. The van der Waals surface area contributed by atoms with Crippen LogP contribution in [0.4, 0.5) is 0 Å². The maximum atomic E-state index is 10.00. The first kappa shape index (κ1) is 12.5. The van der Waals surface area contributed by atoms with E-state index in [0.29, 0.717) is 5.92 Å². The third kappa shape index (κ3) is 3.50. The Morgan fingerprint density at radius 2 is 2.07 bits per heavy atom. The molecule has 1 aromatic carbocycles. The van der Waals surface area contributed by atoms with Gasteiger partial charge in [0.15, 0.2) is 0 Å². The first-order valence-corrected chi connectivity index (χ1v) is 5.85. The highest BCUT2D eigenvalue weighted by molar-refractivity contribution is 9.10. The van der Waals surface area contributed by atoms with Crippen LogP contribution in [0.2, 0.25) is 0 Å². The molecule has 0 amide bonds. The van der Waals surface area contributed by atoms with E-state index >= 15 is 0 Å². The number of hydrogen-bond donors (Lipinski definition) is 1. The van der Waals surface area contributed by atoms with Crippen LogP contribution < -0.4 is 4.74 Å². The molecular formula is C12H17BrO2. The summed E-state index contributed by atoms with van der Waals surface area (Å²) in [5, 5.41) is 10.00. The molecule has 0 spiro atoms. The highest BCUT2D eigenvalue weighted by Gasteiger charge is 2.14. The molecule has 15 heavy (non-hydrogen) atoms. The molecule has 0 fully saturated rings. The third-order valence-electron chi connectivity index (χ3n) is 2.25. The summed E-state index contributed by atoms with van der Waals surface area (Å²) in [5.41, 5.74) is 0.856. The maximum Gasteiger partial charge on any atom is 0.125 e. The zero-order valence-corrected chi connectivity index (χ0v) is 10.9. The quantitative estimate of drug-likeness (QED) is 0.909. The Hall–Kier alpha value is -0.540. The Morgan fingerprint density at radius 1 is 1.40 bits per heavy atom. The molecule has 0 radical (unpaired) electrons. The molecule has 2 nitrogen and oxygen atoms in total. The zero-order chi connectivity index (χ0) is 11.4. The largest absolute Gasteiger partial charge is 0.496 e. The Balaban J connectivity index is 2.92. The van der Waals surface area contributed by atoms with Gasteiger partial charge in [0.05, 0.1) is 13.2 Å². The average molecular weight is 273 g/mol. The minimum Gasteiger partial charge on any atom is -0.496 e. The molecule has 0 saturated carbocycles. The van der Waals surface area contributed by atoms with Gasteiger partial charge >= 0.3 is 0 Å². The molecule has 0 heterocycles. The van der Waals surface area contributed by atoms with Gasteiger partial charge in [-0.2, -0.15) is 0 Å². The SMILES string of the molecule is COc1cc(Br)ccc1C(O)CC(C)C. The van der Waals surface area contributed by atoms with Crippen LogP contribution in [-0.4, -0.2) is 12.2 Å². The summed E-state index contributed by atoms with van der Waals surface area (Å²) in [4.78, 5) is 0. The Morgan fingerprint density at radius 3 is 2.60 bits per heavy atom. The highest BCUT2D eigenvalue weighted by atomic mass is 79.9. The summed E-state index contributed by atoms with van der Waals surface area (Å²) in [6.07, 6.45) is 0.297. The molecular weight excluding hydrogens is 256 g/mol. The van der Waals surface area contributed by atoms with Crippen molar-refractivity contribution in [3.63, 3.8) is 0 Å². The molecule has 0 aliphatic carbocycles. The van der Waals surface area contributed by atoms with Gasteiger partial charge in [0.1, 0.15) is 5.75 Å². The normalized spacial score (nSPS) is 12.9. The van der Waals surface area contributed by atoms with Crippen molar-refractivity contribution in [2.75, 3.05) is 7.11 Å². The molecule has 0 aliphatic heterocycles. The van der Waals surface area contributed by atoms with E-state index in [0.717, 1.165) is 22.2 Å². The second kappa shape index (κ2) is 5.52. The summed E-state index contributed by atoms with van der Waals surface area (Å²) >= 11 is 3.38. The average Bonchev–Trinajstić information content (AvgIpc) is 2.16. The highest BCUT2D eigenvalue weighted by Crippen LogP contribution is 2.31. The van der Waals surface area contributed by atoms with E-state index < -0.39 is 6.10 Å². The first-order chi connectivity index (χ1) is 7.04. The fourth-order valence-corrected chi connectivity index (χ4v) is 1.87. The molecule has 0 saturated heterocycles. The van der Waals surface area contributed by atoms with Gasteiger partial charge in [-0.15, -0.1) is 0 Å². The van der Waals surface area contributed by atoms with Crippen LogP contribution in [0.5, 0.6) is 5.75 Å². The van der Waals surface area contributed by atoms with Gasteiger partial charge in [-0.1, -0.05) is 35.8 Å². The van der Waals surface area contributed by atoms with Crippen LogP contribution >= 0.6 is 15.9 Å². The smallest absolute Gasteiger partial charge is 0.125 e. The van der Waals surface area contributed by atoms with Crippen molar-refractivity contribution < 1.29 is 9.84 Å². The molecule has 0 bridgehead atoms. The van der Waals surface area contributed by atoms with Gasteiger partial charge in [-0.05, 0) is 24.5 Å². The molecule has 1 rings (SSSR count). The van der Waals surface area contributed by atoms with E-state index in [1.807, 2.05) is 18.2 Å². The minimum atomic E-state index is -0.451. The van der Waals surface area contributed by atoms with Crippen molar-refractivity contribution in [2.45, 2.75) is 26.4 Å². The van der Waals surface area contributed by atoms with Crippen LogP contribution in [0.1, 0.15) is 31.9 Å². The van der Waals surface area contributed by atoms with Crippen molar-refractivity contribution in [3.8, 4) is 5.75 Å². The van der Waals surface area contributed by atoms with E-state index in [1.165, 1.54) is 0 Å². The van der Waals surface area contributed by atoms with Gasteiger partial charge in [-0.25, -0.2) is 0 Å². The van der Waals surface area contributed by atoms with Crippen molar-refractivity contribution >= 4 is 15.9 Å². The second-order valence-corrected chi connectivity index (χ2v) is 4.95. The fourth-order valence-electron chi connectivity index (χ4n) is 1.53. The second-order valence-electron chi connectivity index (χ2n) is 4.03. The van der Waals surface area contributed by atoms with Crippen LogP contribution in [-0.2, 0) is 0 Å². The summed E-state index contributed by atoms with van der Waals surface area (Å²) in [6.45, 7) is 4.18. The summed E-state index contributed by atoms with van der Waals surface area (Å²) in [5.74, 6) is 1.20. The third-order valence-corrected chi connectivity index (χ3v) is 2.74. The standard InChI is InChI=1S/C12H17BrO2/c1-8(2)6-11(14)10-5-4-9(13)7-12(10)15-3/h4-5,7-8,11,14H,6H2,1-3H3. The number of aliphatic hydroxyl groups is 1. The maximum absolute atomic E-state index is 10.00. The van der Waals surface area contributed by atoms with Crippen molar-refractivity contribution in [1.82, 2.24) is 0 Å². The van der Waals surface area contributed by atoms with Gasteiger partial charge in [0.2, 0.25) is 0 Å². The number of rotatable bonds is 4. The predicted octanol–water partition coefficient (Wildman–Crippen LogP) is 3.54. The van der Waals surface area contributed by atoms with Crippen LogP contribution in [0.15, 0.2) is 22.7 Å². The van der Waals surface area contributed by atoms with Gasteiger partial charge in [-0.3, -0.25) is 0 Å². The molecule has 0 aliphatic rings. The van der Waals surface area contributed by atoms with Crippen molar-refractivity contribution in [2.24, 2.45) is 5.92 Å². The molecule has 1 aromatic rings. The van der Waals surface area contributed by atoms with E-state index in [4.69, 9.17) is 4.74 Å². The number of benzene rings is 1. The summed E-state index contributed by atoms with van der Waals surface area (Å²) < 4.78 is 6.20. The molecule has 1 unspecified atom stereocenters. The lowest BCUT2D eigenvalue weighted by Crippen LogP contribution is -2.04. The monoisotopic (exact) mass is 272 g/mol. The topological polar surface area (TPSA) is 29.5 Å². The fraction of sp³-hybridized carbons (Fsp3) is 0.500. The number of ether oxygens (including phenoxy) is 1. The number of hydrogen-bond acceptors (Lipinski definition) is 2. The number of methoxy groups -OCH3 is 1. The Kier molecular flexibility index (Phi) is 4.61. The zero-order valence-electron chi connectivity index (χ0n) is 9.33. The van der Waals surface area contributed by atoms with E-state index in [1.54, 1.807) is 7.11 Å². The van der Waals surface area contributed by atoms with E-state index in [2.05, 4.69) is 29.8 Å². The molecule has 1 atom stereocenters. The summed E-state index contributed by atoms with van der Waals surface area (Å²) in [6, 6.07) is 5.69. The molecule has 84 valence electrons. The molecule has 0 aromatic heterocycles. The lowest BCUT2D eigenvalue weighted by Gasteiger charge is -2.16. The number of halogens is 1. The lowest BCUT2D eigenvalue weighted by atomic mass is 9.99. The predicted molar refractivity (Wildman–Crippen MR) is 65.1 cm³/mol. The van der Waals surface area contributed by atoms with Gasteiger partial charge in [0.25, 0.3) is 0 Å². The van der Waals surface area contributed by atoms with Crippen molar-refractivity contribution in [1.29, 1.82) is 0 Å². The van der Waals surface area contributed by atoms with E-state index in [9.17, 15) is 5.11 Å². The Labute approximate surface area is 99.4 Å². The van der Waals surface area contributed by atoms with Crippen LogP contribution in [0.25, 0.3) is 0 Å². The van der Waals surface area contributed by atoms with E-state index in [-0.39, 0.29) is 0 Å². The van der Waals surface area contributed by atoms with Crippen LogP contribution in [0, 0.1) is 5.92 Å². The van der Waals surface area contributed by atoms with Gasteiger partial charge in [0, 0.05) is 10.0 Å². The van der Waals surface area contributed by atoms with Gasteiger partial charge < -0.3 is 9.84 Å². The molecule has 1 N–H and O–H groups in total. The Bertz CT molecular complexity index is 323. The van der Waals surface area contributed by atoms with Crippen molar-refractivity contribution in [3.05, 3.63) is 28.2 Å². The minimum absolute atomic E-state index is 0.451.